The normalized spacial score (nSPS) is 11.3. The Balaban J connectivity index is 0.000000345. The van der Waals surface area contributed by atoms with Crippen LogP contribution in [0, 0.1) is 128 Å². The maximum atomic E-state index is 15.4. The summed E-state index contributed by atoms with van der Waals surface area (Å²) in [6.45, 7) is 0.677. The molecule has 0 saturated carbocycles. The van der Waals surface area contributed by atoms with Crippen molar-refractivity contribution >= 4 is 33.8 Å². The molecule has 0 aliphatic rings. The number of aromatic nitrogens is 2. The summed E-state index contributed by atoms with van der Waals surface area (Å²) in [5.41, 5.74) is -12.9. The van der Waals surface area contributed by atoms with Crippen molar-refractivity contribution in [2.45, 2.75) is 13.0 Å². The largest absolute Gasteiger partial charge is 0.291 e. The number of ketones is 1. The Bertz CT molecular complexity index is 2510. The molecule has 0 saturated heterocycles. The fourth-order valence-corrected chi connectivity index (χ4v) is 6.51. The lowest BCUT2D eigenvalue weighted by Gasteiger charge is -2.44. The van der Waals surface area contributed by atoms with Crippen LogP contribution in [0.2, 0.25) is 0 Å². The van der Waals surface area contributed by atoms with E-state index in [1.807, 2.05) is 41.0 Å². The van der Waals surface area contributed by atoms with Crippen LogP contribution in [0.1, 0.15) is 22.5 Å². The second-order valence-electron chi connectivity index (χ2n) is 12.7. The van der Waals surface area contributed by atoms with Crippen LogP contribution in [0.25, 0.3) is 0 Å². The first-order valence-corrected chi connectivity index (χ1v) is 16.5. The van der Waals surface area contributed by atoms with Crippen molar-refractivity contribution in [3.63, 3.8) is 0 Å². The molecule has 6 aromatic rings. The van der Waals surface area contributed by atoms with Gasteiger partial charge in [0, 0.05) is 5.56 Å². The highest BCUT2D eigenvalue weighted by Crippen LogP contribution is 2.30. The Morgan fingerprint density at radius 2 is 0.762 bits per heavy atom. The standard InChI is InChI=1S/C24BF20.C14H12N3O/c26-5-1(6(27)14(35)21(42)13(5)34)25(2-7(28)15(36)22(43)16(37)8(2)29,3-9(30)17(38)23(44)18(39)10(3)31)4-11(32)19(40)24(45)20(41)12(4)33;15-7-6-14(18)13-11-17(9-8-16-13)10-12-4-2-1-3-5-12/h;1-5,8-9,11H,6,10H2/q-1;+1. The Hall–Kier alpha value is -7.00. The zero-order valence-electron chi connectivity index (χ0n) is 29.9. The molecule has 0 amide bonds. The van der Waals surface area contributed by atoms with Crippen LogP contribution < -0.4 is 26.4 Å². The smallest absolute Gasteiger partial charge is 0.201 e. The number of nitrogens with zero attached hydrogens (tertiary/aromatic N) is 3. The van der Waals surface area contributed by atoms with Crippen LogP contribution in [-0.2, 0) is 6.54 Å². The monoisotopic (exact) mass is 917 g/mol. The zero-order valence-corrected chi connectivity index (χ0v) is 29.9. The van der Waals surface area contributed by atoms with Crippen LogP contribution in [-0.4, -0.2) is 16.9 Å². The van der Waals surface area contributed by atoms with E-state index in [9.17, 15) is 57.5 Å². The number of carbonyl (C=O) groups excluding carboxylic acids is 1. The van der Waals surface area contributed by atoms with Crippen molar-refractivity contribution in [2.24, 2.45) is 0 Å². The van der Waals surface area contributed by atoms with E-state index in [1.54, 1.807) is 18.6 Å². The molecule has 1 aromatic heterocycles. The molecule has 0 radical (unpaired) electrons. The number of carbonyl (C=O) groups is 1. The van der Waals surface area contributed by atoms with Crippen LogP contribution in [0.3, 0.4) is 0 Å². The van der Waals surface area contributed by atoms with Gasteiger partial charge in [0.25, 0.3) is 0 Å². The Kier molecular flexibility index (Phi) is 13.3. The second kappa shape index (κ2) is 17.8. The van der Waals surface area contributed by atoms with Gasteiger partial charge in [-0.1, -0.05) is 30.3 Å². The van der Waals surface area contributed by atoms with E-state index in [2.05, 4.69) is 4.98 Å². The molecular weight excluding hydrogens is 905 g/mol. The lowest BCUT2D eigenvalue weighted by atomic mass is 9.12. The summed E-state index contributed by atoms with van der Waals surface area (Å²) >= 11 is 0. The molecule has 0 aliphatic heterocycles. The highest BCUT2D eigenvalue weighted by molar-refractivity contribution is 7.20. The van der Waals surface area contributed by atoms with Crippen LogP contribution in [0.5, 0.6) is 0 Å². The van der Waals surface area contributed by atoms with Gasteiger partial charge in [0.05, 0.1) is 12.3 Å². The molecule has 0 fully saturated rings. The lowest BCUT2D eigenvalue weighted by Crippen LogP contribution is -2.81. The predicted molar refractivity (Wildman–Crippen MR) is 174 cm³/mol. The molecule has 0 unspecified atom stereocenters. The van der Waals surface area contributed by atoms with E-state index in [0.29, 0.717) is 12.2 Å². The third-order valence-corrected chi connectivity index (χ3v) is 9.20. The molecule has 0 atom stereocenters. The minimum atomic E-state index is -7.22. The van der Waals surface area contributed by atoms with Crippen molar-refractivity contribution in [1.29, 1.82) is 5.26 Å². The van der Waals surface area contributed by atoms with Crippen molar-refractivity contribution in [3.05, 3.63) is 177 Å². The van der Waals surface area contributed by atoms with Gasteiger partial charge in [-0.15, -0.1) is 21.9 Å². The number of nitriles is 1. The number of Topliss-reactive ketones (excluding diaryl/α,β-unsaturated/α-hetero) is 1. The number of halogens is 20. The van der Waals surface area contributed by atoms with Crippen molar-refractivity contribution in [3.8, 4) is 6.07 Å². The summed E-state index contributed by atoms with van der Waals surface area (Å²) in [6.07, 6.45) is -2.30. The highest BCUT2D eigenvalue weighted by atomic mass is 19.2. The molecule has 4 nitrogen and oxygen atoms in total. The molecule has 328 valence electrons. The first-order chi connectivity index (χ1) is 29.5. The topological polar surface area (TPSA) is 57.6 Å². The summed E-state index contributed by atoms with van der Waals surface area (Å²) < 4.78 is 296. The fraction of sp³-hybridized carbons (Fsp3) is 0.0526. The van der Waals surface area contributed by atoms with E-state index < -0.39 is 144 Å². The van der Waals surface area contributed by atoms with Crippen LogP contribution in [0.4, 0.5) is 87.8 Å². The first kappa shape index (κ1) is 47.1. The average Bonchev–Trinajstić information content (AvgIpc) is 3.27. The van der Waals surface area contributed by atoms with Gasteiger partial charge < -0.3 is 0 Å². The van der Waals surface area contributed by atoms with E-state index in [1.165, 1.54) is 0 Å². The minimum absolute atomic E-state index is 0.137. The van der Waals surface area contributed by atoms with Gasteiger partial charge in [-0.2, -0.15) is 9.83 Å². The second-order valence-corrected chi connectivity index (χ2v) is 12.7. The maximum Gasteiger partial charge on any atom is 0.201 e. The van der Waals surface area contributed by atoms with E-state index in [0.717, 1.165) is 5.56 Å². The summed E-state index contributed by atoms with van der Waals surface area (Å²) in [5.74, 6) is -71.7. The summed E-state index contributed by atoms with van der Waals surface area (Å²) in [7, 11) is 0. The van der Waals surface area contributed by atoms with Crippen LogP contribution >= 0.6 is 0 Å². The number of rotatable bonds is 8. The van der Waals surface area contributed by atoms with Crippen molar-refractivity contribution < 1.29 is 97.2 Å². The highest BCUT2D eigenvalue weighted by Gasteiger charge is 2.52. The fourth-order valence-electron chi connectivity index (χ4n) is 6.51. The molecule has 5 aromatic carbocycles. The van der Waals surface area contributed by atoms with E-state index in [4.69, 9.17) is 5.26 Å². The molecule has 25 heteroatoms. The number of hydrogen-bond acceptors (Lipinski definition) is 3. The molecule has 0 N–H and O–H groups in total. The van der Waals surface area contributed by atoms with Gasteiger partial charge >= 0.3 is 0 Å². The third-order valence-electron chi connectivity index (χ3n) is 9.20. The molecule has 6 rings (SSSR count). The van der Waals surface area contributed by atoms with Crippen molar-refractivity contribution in [1.82, 2.24) is 4.98 Å². The van der Waals surface area contributed by atoms with Gasteiger partial charge in [0.2, 0.25) is 5.78 Å². The summed E-state index contributed by atoms with van der Waals surface area (Å²) in [4.78, 5) is 15.5. The first-order valence-electron chi connectivity index (χ1n) is 16.5. The molecular formula is C38H12BF20N3O. The minimum Gasteiger partial charge on any atom is -0.291 e. The zero-order chi connectivity index (χ0) is 47.2. The van der Waals surface area contributed by atoms with Gasteiger partial charge in [-0.3, -0.25) is 4.79 Å². The lowest BCUT2D eigenvalue weighted by molar-refractivity contribution is -0.689. The van der Waals surface area contributed by atoms with Gasteiger partial charge in [0.1, 0.15) is 59.1 Å². The summed E-state index contributed by atoms with van der Waals surface area (Å²) in [6, 6.07) is 11.8. The third kappa shape index (κ3) is 7.66. The molecule has 0 bridgehead atoms. The maximum absolute atomic E-state index is 15.4. The van der Waals surface area contributed by atoms with Gasteiger partial charge in [0.15, 0.2) is 94.4 Å². The summed E-state index contributed by atoms with van der Waals surface area (Å²) in [5, 5.41) is 8.50. The number of benzene rings is 5. The SMILES string of the molecule is Fc1c(F)c(F)c([B-](c2c(F)c(F)c(F)c(F)c2F)(c2c(F)c(F)c(F)c(F)c2F)c2c(F)c(F)c(F)c(F)c2F)c(F)c1F.N#CCC(=O)c1c[n+](Cc2ccccc2)ccn1. The van der Waals surface area contributed by atoms with E-state index in [-0.39, 0.29) is 12.2 Å². The molecule has 1 heterocycles. The predicted octanol–water partition coefficient (Wildman–Crippen LogP) is 7.36. The Morgan fingerprint density at radius 3 is 1.05 bits per heavy atom. The van der Waals surface area contributed by atoms with Crippen LogP contribution in [0.15, 0.2) is 48.9 Å². The van der Waals surface area contributed by atoms with Crippen molar-refractivity contribution in [2.75, 3.05) is 0 Å². The average molecular weight is 917 g/mol. The molecule has 63 heavy (non-hydrogen) atoms. The molecule has 0 aliphatic carbocycles. The van der Waals surface area contributed by atoms with Gasteiger partial charge in [-0.05, 0) is 0 Å². The van der Waals surface area contributed by atoms with E-state index >= 15 is 35.1 Å². The Morgan fingerprint density at radius 1 is 0.476 bits per heavy atom. The van der Waals surface area contributed by atoms with Gasteiger partial charge in [-0.25, -0.2) is 92.8 Å². The number of hydrogen-bond donors (Lipinski definition) is 0. The molecule has 0 spiro atoms. The quantitative estimate of drug-likeness (QED) is 0.0401. The Labute approximate surface area is 336 Å².